The fourth-order valence-corrected chi connectivity index (χ4v) is 4.74. The molecule has 3 rings (SSSR count). The van der Waals surface area contributed by atoms with Crippen LogP contribution in [-0.4, -0.2) is 69.8 Å². The number of benzene rings is 1. The number of amides is 1. The molecule has 1 atom stereocenters. The van der Waals surface area contributed by atoms with Crippen molar-refractivity contribution < 1.29 is 17.9 Å². The van der Waals surface area contributed by atoms with Gasteiger partial charge in [-0.1, -0.05) is 26.0 Å². The third-order valence-corrected chi connectivity index (χ3v) is 6.40. The summed E-state index contributed by atoms with van der Waals surface area (Å²) in [4.78, 5) is 17.1. The monoisotopic (exact) mass is 394 g/mol. The number of carbonyl (C=O) groups excluding carboxylic acids is 1. The molecule has 150 valence electrons. The van der Waals surface area contributed by atoms with Crippen LogP contribution in [0.3, 0.4) is 0 Å². The largest absolute Gasteiger partial charge is 0.379 e. The van der Waals surface area contributed by atoms with Crippen molar-refractivity contribution in [1.29, 1.82) is 0 Å². The van der Waals surface area contributed by atoms with E-state index in [1.165, 1.54) is 6.26 Å². The van der Waals surface area contributed by atoms with Crippen LogP contribution in [-0.2, 0) is 25.9 Å². The maximum Gasteiger partial charge on any atom is 0.223 e. The van der Waals surface area contributed by atoms with Gasteiger partial charge in [0.1, 0.15) is 0 Å². The Morgan fingerprint density at radius 2 is 1.89 bits per heavy atom. The lowest BCUT2D eigenvalue weighted by molar-refractivity contribution is -0.128. The number of rotatable bonds is 5. The third-order valence-electron chi connectivity index (χ3n) is 5.27. The van der Waals surface area contributed by atoms with Crippen molar-refractivity contribution in [2.75, 3.05) is 45.6 Å². The minimum absolute atomic E-state index is 0.144. The molecule has 0 aromatic heterocycles. The number of nitrogens with zero attached hydrogens (tertiary/aromatic N) is 2. The van der Waals surface area contributed by atoms with Crippen LogP contribution in [0.15, 0.2) is 29.2 Å². The van der Waals surface area contributed by atoms with E-state index in [0.29, 0.717) is 30.4 Å². The minimum atomic E-state index is -3.18. The summed E-state index contributed by atoms with van der Waals surface area (Å²) < 4.78 is 29.1. The van der Waals surface area contributed by atoms with Gasteiger partial charge in [0.15, 0.2) is 9.84 Å². The Kier molecular flexibility index (Phi) is 5.93. The first-order valence-electron chi connectivity index (χ1n) is 9.54. The van der Waals surface area contributed by atoms with Gasteiger partial charge >= 0.3 is 0 Å². The molecule has 2 aliphatic heterocycles. The number of hydrogen-bond acceptors (Lipinski definition) is 5. The van der Waals surface area contributed by atoms with Crippen molar-refractivity contribution in [1.82, 2.24) is 9.80 Å². The lowest BCUT2D eigenvalue weighted by Gasteiger charge is -2.31. The highest BCUT2D eigenvalue weighted by Crippen LogP contribution is 2.35. The van der Waals surface area contributed by atoms with Crippen LogP contribution in [0.25, 0.3) is 0 Å². The minimum Gasteiger partial charge on any atom is -0.379 e. The highest BCUT2D eigenvalue weighted by molar-refractivity contribution is 7.90. The van der Waals surface area contributed by atoms with Crippen LogP contribution in [0.2, 0.25) is 0 Å². The van der Waals surface area contributed by atoms with Gasteiger partial charge in [0.2, 0.25) is 5.91 Å². The fraction of sp³-hybridized carbons (Fsp3) is 0.650. The number of hydrogen-bond donors (Lipinski definition) is 0. The summed E-state index contributed by atoms with van der Waals surface area (Å²) in [5, 5.41) is 0. The predicted molar refractivity (Wildman–Crippen MR) is 104 cm³/mol. The maximum atomic E-state index is 12.5. The van der Waals surface area contributed by atoms with Crippen molar-refractivity contribution >= 4 is 15.7 Å². The highest BCUT2D eigenvalue weighted by atomic mass is 32.2. The van der Waals surface area contributed by atoms with Crippen molar-refractivity contribution in [3.05, 3.63) is 29.8 Å². The van der Waals surface area contributed by atoms with Gasteiger partial charge in [-0.05, 0) is 23.6 Å². The first-order valence-corrected chi connectivity index (χ1v) is 11.4. The zero-order valence-electron chi connectivity index (χ0n) is 16.5. The molecule has 7 heteroatoms. The zero-order chi connectivity index (χ0) is 19.7. The molecule has 2 fully saturated rings. The summed E-state index contributed by atoms with van der Waals surface area (Å²) in [6.45, 7) is 9.46. The second-order valence-corrected chi connectivity index (χ2v) is 10.5. The quantitative estimate of drug-likeness (QED) is 0.762. The molecule has 6 nitrogen and oxygen atoms in total. The summed E-state index contributed by atoms with van der Waals surface area (Å²) in [5.74, 6) is 0.687. The Labute approximate surface area is 162 Å². The normalized spacial score (nSPS) is 24.7. The molecule has 2 saturated heterocycles. The van der Waals surface area contributed by atoms with Gasteiger partial charge in [-0.15, -0.1) is 0 Å². The van der Waals surface area contributed by atoms with Crippen LogP contribution < -0.4 is 0 Å². The molecule has 1 aromatic carbocycles. The van der Waals surface area contributed by atoms with E-state index in [-0.39, 0.29) is 11.3 Å². The topological polar surface area (TPSA) is 66.9 Å². The second kappa shape index (κ2) is 7.89. The summed E-state index contributed by atoms with van der Waals surface area (Å²) in [7, 11) is -3.18. The molecule has 0 aliphatic carbocycles. The lowest BCUT2D eigenvalue weighted by Crippen LogP contribution is -2.41. The molecule has 0 radical (unpaired) electrons. The molecule has 1 amide bonds. The first-order chi connectivity index (χ1) is 12.7. The fourth-order valence-electron chi connectivity index (χ4n) is 4.11. The molecular formula is C20H30N2O4S. The molecule has 27 heavy (non-hydrogen) atoms. The average molecular weight is 395 g/mol. The van der Waals surface area contributed by atoms with Crippen molar-refractivity contribution in [2.24, 2.45) is 11.3 Å². The van der Waals surface area contributed by atoms with E-state index in [1.54, 1.807) is 12.1 Å². The van der Waals surface area contributed by atoms with E-state index in [1.807, 2.05) is 17.0 Å². The number of carbonyl (C=O) groups is 1. The summed E-state index contributed by atoms with van der Waals surface area (Å²) in [6, 6.07) is 7.08. The standard InChI is InChI=1S/C20H30N2O4S/c1-16(2)11-22-14-20(10-19(22)23)13-21(8-9-26-15-20)12-17-4-6-18(7-5-17)27(3,24)25/h4-7,16H,8-15H2,1-3H3/t20-/m1/s1. The van der Waals surface area contributed by atoms with E-state index in [4.69, 9.17) is 4.74 Å². The smallest absolute Gasteiger partial charge is 0.223 e. The van der Waals surface area contributed by atoms with Gasteiger partial charge in [0, 0.05) is 50.8 Å². The predicted octanol–water partition coefficient (Wildman–Crippen LogP) is 1.80. The highest BCUT2D eigenvalue weighted by Gasteiger charge is 2.45. The summed E-state index contributed by atoms with van der Waals surface area (Å²) in [6.07, 6.45) is 1.77. The molecular weight excluding hydrogens is 364 g/mol. The van der Waals surface area contributed by atoms with Gasteiger partial charge in [0.05, 0.1) is 18.1 Å². The van der Waals surface area contributed by atoms with Crippen LogP contribution >= 0.6 is 0 Å². The van der Waals surface area contributed by atoms with E-state index >= 15 is 0 Å². The molecule has 2 heterocycles. The third kappa shape index (κ3) is 5.09. The molecule has 0 saturated carbocycles. The molecule has 0 N–H and O–H groups in total. The Bertz CT molecular complexity index is 776. The van der Waals surface area contributed by atoms with Gasteiger partial charge < -0.3 is 9.64 Å². The average Bonchev–Trinajstić information content (AvgIpc) is 2.74. The Hall–Kier alpha value is -1.44. The zero-order valence-corrected chi connectivity index (χ0v) is 17.3. The SMILES string of the molecule is CC(C)CN1C[C@@]2(COCCN(Cc3ccc(S(C)(=O)=O)cc3)C2)CC1=O. The Balaban J connectivity index is 1.69. The molecule has 0 unspecified atom stereocenters. The van der Waals surface area contributed by atoms with E-state index in [0.717, 1.165) is 38.3 Å². The van der Waals surface area contributed by atoms with Crippen molar-refractivity contribution in [3.8, 4) is 0 Å². The molecule has 2 aliphatic rings. The summed E-state index contributed by atoms with van der Waals surface area (Å²) >= 11 is 0. The van der Waals surface area contributed by atoms with Gasteiger partial charge in [0.25, 0.3) is 0 Å². The molecule has 1 spiro atoms. The van der Waals surface area contributed by atoms with Gasteiger partial charge in [-0.3, -0.25) is 9.69 Å². The first kappa shape index (κ1) is 20.3. The van der Waals surface area contributed by atoms with Gasteiger partial charge in [-0.2, -0.15) is 0 Å². The second-order valence-electron chi connectivity index (χ2n) is 8.52. The van der Waals surface area contributed by atoms with E-state index < -0.39 is 9.84 Å². The summed E-state index contributed by atoms with van der Waals surface area (Å²) in [5.41, 5.74) is 0.928. The molecule has 0 bridgehead atoms. The number of likely N-dealkylation sites (tertiary alicyclic amines) is 1. The Morgan fingerprint density at radius 1 is 1.19 bits per heavy atom. The maximum absolute atomic E-state index is 12.5. The van der Waals surface area contributed by atoms with Crippen LogP contribution in [0, 0.1) is 11.3 Å². The van der Waals surface area contributed by atoms with Crippen LogP contribution in [0.4, 0.5) is 0 Å². The Morgan fingerprint density at radius 3 is 2.52 bits per heavy atom. The van der Waals surface area contributed by atoms with E-state index in [2.05, 4.69) is 18.7 Å². The van der Waals surface area contributed by atoms with Crippen LogP contribution in [0.5, 0.6) is 0 Å². The van der Waals surface area contributed by atoms with E-state index in [9.17, 15) is 13.2 Å². The number of ether oxygens (including phenoxy) is 1. The van der Waals surface area contributed by atoms with Crippen molar-refractivity contribution in [2.45, 2.75) is 31.7 Å². The van der Waals surface area contributed by atoms with Gasteiger partial charge in [-0.25, -0.2) is 8.42 Å². The molecule has 1 aromatic rings. The number of sulfone groups is 1. The lowest BCUT2D eigenvalue weighted by atomic mass is 9.87. The van der Waals surface area contributed by atoms with Crippen molar-refractivity contribution in [3.63, 3.8) is 0 Å². The van der Waals surface area contributed by atoms with Crippen LogP contribution in [0.1, 0.15) is 25.8 Å².